The SMILES string of the molecule is Cc1cc(C)n(C[C@H]2CCCCN2CC(=O)N[C@@H](C)c2ccco2)n1. The van der Waals surface area contributed by atoms with Gasteiger partial charge in [-0.1, -0.05) is 6.42 Å². The zero-order valence-corrected chi connectivity index (χ0v) is 15.4. The van der Waals surface area contributed by atoms with E-state index in [0.717, 1.165) is 37.4 Å². The van der Waals surface area contributed by atoms with Crippen molar-refractivity contribution in [1.29, 1.82) is 0 Å². The third-order valence-corrected chi connectivity index (χ3v) is 4.93. The van der Waals surface area contributed by atoms with Crippen LogP contribution < -0.4 is 5.32 Å². The van der Waals surface area contributed by atoms with Gasteiger partial charge in [-0.25, -0.2) is 0 Å². The zero-order valence-electron chi connectivity index (χ0n) is 15.4. The van der Waals surface area contributed by atoms with E-state index in [9.17, 15) is 4.79 Å². The molecule has 2 aromatic heterocycles. The first-order valence-electron chi connectivity index (χ1n) is 9.11. The average Bonchev–Trinajstić information content (AvgIpc) is 3.19. The summed E-state index contributed by atoms with van der Waals surface area (Å²) < 4.78 is 7.43. The Labute approximate surface area is 149 Å². The van der Waals surface area contributed by atoms with Crippen LogP contribution in [0.5, 0.6) is 0 Å². The number of carbonyl (C=O) groups excluding carboxylic acids is 1. The number of carbonyl (C=O) groups is 1. The standard InChI is InChI=1S/C19H28N4O2/c1-14-11-15(2)23(21-14)12-17-7-4-5-9-22(17)13-19(24)20-16(3)18-8-6-10-25-18/h6,8,10-11,16-17H,4-5,7,9,12-13H2,1-3H3,(H,20,24)/t16-,17+/m0/s1. The predicted octanol–water partition coefficient (Wildman–Crippen LogP) is 2.82. The smallest absolute Gasteiger partial charge is 0.234 e. The highest BCUT2D eigenvalue weighted by Gasteiger charge is 2.26. The van der Waals surface area contributed by atoms with Gasteiger partial charge in [0, 0.05) is 11.7 Å². The number of rotatable bonds is 6. The number of aryl methyl sites for hydroxylation is 2. The van der Waals surface area contributed by atoms with Crippen molar-refractivity contribution in [3.05, 3.63) is 41.6 Å². The van der Waals surface area contributed by atoms with E-state index < -0.39 is 0 Å². The minimum absolute atomic E-state index is 0.0455. The molecular formula is C19H28N4O2. The van der Waals surface area contributed by atoms with Gasteiger partial charge in [-0.05, 0) is 58.4 Å². The molecular weight excluding hydrogens is 316 g/mol. The highest BCUT2D eigenvalue weighted by Crippen LogP contribution is 2.19. The van der Waals surface area contributed by atoms with Crippen LogP contribution in [-0.4, -0.2) is 39.7 Å². The summed E-state index contributed by atoms with van der Waals surface area (Å²) in [6.07, 6.45) is 5.10. The number of nitrogens with zero attached hydrogens (tertiary/aromatic N) is 3. The molecule has 1 aliphatic rings. The number of nitrogens with one attached hydrogen (secondary N) is 1. The fourth-order valence-corrected chi connectivity index (χ4v) is 3.61. The Hall–Kier alpha value is -2.08. The maximum atomic E-state index is 12.5. The molecule has 0 radical (unpaired) electrons. The predicted molar refractivity (Wildman–Crippen MR) is 96.2 cm³/mol. The van der Waals surface area contributed by atoms with Gasteiger partial charge >= 0.3 is 0 Å². The lowest BCUT2D eigenvalue weighted by Gasteiger charge is -2.35. The molecule has 2 atom stereocenters. The summed E-state index contributed by atoms with van der Waals surface area (Å²) >= 11 is 0. The van der Waals surface area contributed by atoms with E-state index in [1.165, 1.54) is 12.1 Å². The topological polar surface area (TPSA) is 63.3 Å². The Kier molecular flexibility index (Phi) is 5.58. The van der Waals surface area contributed by atoms with Crippen LogP contribution in [0.3, 0.4) is 0 Å². The Morgan fingerprint density at radius 3 is 2.96 bits per heavy atom. The second-order valence-electron chi connectivity index (χ2n) is 7.03. The van der Waals surface area contributed by atoms with Crippen molar-refractivity contribution in [3.63, 3.8) is 0 Å². The first-order valence-corrected chi connectivity index (χ1v) is 9.11. The van der Waals surface area contributed by atoms with E-state index in [2.05, 4.69) is 33.0 Å². The molecule has 136 valence electrons. The zero-order chi connectivity index (χ0) is 17.8. The first-order chi connectivity index (χ1) is 12.0. The maximum absolute atomic E-state index is 12.5. The van der Waals surface area contributed by atoms with Gasteiger partial charge < -0.3 is 9.73 Å². The number of likely N-dealkylation sites (tertiary alicyclic amines) is 1. The van der Waals surface area contributed by atoms with Crippen LogP contribution >= 0.6 is 0 Å². The average molecular weight is 344 g/mol. The summed E-state index contributed by atoms with van der Waals surface area (Å²) in [5.74, 6) is 0.829. The molecule has 25 heavy (non-hydrogen) atoms. The molecule has 1 saturated heterocycles. The van der Waals surface area contributed by atoms with E-state index >= 15 is 0 Å². The summed E-state index contributed by atoms with van der Waals surface area (Å²) in [7, 11) is 0. The molecule has 0 saturated carbocycles. The van der Waals surface area contributed by atoms with Crippen molar-refractivity contribution in [2.24, 2.45) is 0 Å². The summed E-state index contributed by atoms with van der Waals surface area (Å²) in [6, 6.07) is 6.08. The van der Waals surface area contributed by atoms with Gasteiger partial charge in [-0.3, -0.25) is 14.4 Å². The van der Waals surface area contributed by atoms with Gasteiger partial charge in [0.15, 0.2) is 0 Å². The van der Waals surface area contributed by atoms with Gasteiger partial charge in [0.05, 0.1) is 31.1 Å². The molecule has 1 fully saturated rings. The van der Waals surface area contributed by atoms with E-state index in [1.54, 1.807) is 6.26 Å². The van der Waals surface area contributed by atoms with Crippen LogP contribution in [0.2, 0.25) is 0 Å². The lowest BCUT2D eigenvalue weighted by molar-refractivity contribution is -0.124. The van der Waals surface area contributed by atoms with Crippen molar-refractivity contribution in [2.45, 2.75) is 58.7 Å². The molecule has 6 nitrogen and oxygen atoms in total. The van der Waals surface area contributed by atoms with E-state index in [0.29, 0.717) is 12.6 Å². The molecule has 3 rings (SSSR count). The molecule has 0 bridgehead atoms. The maximum Gasteiger partial charge on any atom is 0.234 e. The number of furan rings is 1. The molecule has 0 spiro atoms. The number of hydrogen-bond donors (Lipinski definition) is 1. The monoisotopic (exact) mass is 344 g/mol. The third kappa shape index (κ3) is 4.51. The molecule has 0 aliphatic carbocycles. The van der Waals surface area contributed by atoms with Crippen LogP contribution in [0.15, 0.2) is 28.9 Å². The van der Waals surface area contributed by atoms with Crippen molar-refractivity contribution in [2.75, 3.05) is 13.1 Å². The molecule has 1 aliphatic heterocycles. The molecule has 3 heterocycles. The molecule has 2 aromatic rings. The Balaban J connectivity index is 1.59. The van der Waals surface area contributed by atoms with E-state index in [4.69, 9.17) is 4.42 Å². The minimum atomic E-state index is -0.109. The lowest BCUT2D eigenvalue weighted by atomic mass is 10.0. The van der Waals surface area contributed by atoms with Crippen LogP contribution in [0.1, 0.15) is 49.4 Å². The van der Waals surface area contributed by atoms with Crippen molar-refractivity contribution < 1.29 is 9.21 Å². The van der Waals surface area contributed by atoms with Gasteiger partial charge in [0.2, 0.25) is 5.91 Å². The molecule has 6 heteroatoms. The van der Waals surface area contributed by atoms with Crippen molar-refractivity contribution in [1.82, 2.24) is 20.0 Å². The van der Waals surface area contributed by atoms with Crippen LogP contribution in [-0.2, 0) is 11.3 Å². The van der Waals surface area contributed by atoms with Crippen molar-refractivity contribution in [3.8, 4) is 0 Å². The van der Waals surface area contributed by atoms with Gasteiger partial charge in [-0.15, -0.1) is 0 Å². The quantitative estimate of drug-likeness (QED) is 0.875. The first kappa shape index (κ1) is 17.7. The number of amides is 1. The lowest BCUT2D eigenvalue weighted by Crippen LogP contribution is -2.47. The Morgan fingerprint density at radius 1 is 1.44 bits per heavy atom. The summed E-state index contributed by atoms with van der Waals surface area (Å²) in [4.78, 5) is 14.8. The van der Waals surface area contributed by atoms with Crippen LogP contribution in [0.25, 0.3) is 0 Å². The van der Waals surface area contributed by atoms with E-state index in [-0.39, 0.29) is 11.9 Å². The molecule has 1 amide bonds. The summed E-state index contributed by atoms with van der Waals surface area (Å²) in [5, 5.41) is 7.61. The highest BCUT2D eigenvalue weighted by atomic mass is 16.3. The minimum Gasteiger partial charge on any atom is -0.467 e. The Morgan fingerprint density at radius 2 is 2.28 bits per heavy atom. The molecule has 0 aromatic carbocycles. The highest BCUT2D eigenvalue weighted by molar-refractivity contribution is 5.78. The largest absolute Gasteiger partial charge is 0.467 e. The normalized spacial score (nSPS) is 19.7. The van der Waals surface area contributed by atoms with Gasteiger partial charge in [0.1, 0.15) is 5.76 Å². The van der Waals surface area contributed by atoms with Crippen molar-refractivity contribution >= 4 is 5.91 Å². The van der Waals surface area contributed by atoms with Crippen LogP contribution in [0.4, 0.5) is 0 Å². The van der Waals surface area contributed by atoms with Crippen LogP contribution in [0, 0.1) is 13.8 Å². The summed E-state index contributed by atoms with van der Waals surface area (Å²) in [6.45, 7) is 8.29. The second kappa shape index (κ2) is 7.87. The number of hydrogen-bond acceptors (Lipinski definition) is 4. The van der Waals surface area contributed by atoms with Gasteiger partial charge in [0.25, 0.3) is 0 Å². The fourth-order valence-electron chi connectivity index (χ4n) is 3.61. The number of aromatic nitrogens is 2. The molecule has 0 unspecified atom stereocenters. The molecule has 1 N–H and O–H groups in total. The van der Waals surface area contributed by atoms with Gasteiger partial charge in [-0.2, -0.15) is 5.10 Å². The fraction of sp³-hybridized carbons (Fsp3) is 0.579. The Bertz CT molecular complexity index is 692. The van der Waals surface area contributed by atoms with E-state index in [1.807, 2.05) is 26.0 Å². The second-order valence-corrected chi connectivity index (χ2v) is 7.03. The number of piperidine rings is 1. The summed E-state index contributed by atoms with van der Waals surface area (Å²) in [5.41, 5.74) is 2.23. The third-order valence-electron chi connectivity index (χ3n) is 4.93.